The topological polar surface area (TPSA) is 85.9 Å². The molecular formula is C21H24N2O5. The van der Waals surface area contributed by atoms with Crippen LogP contribution >= 0.6 is 0 Å². The molecule has 0 radical (unpaired) electrons. The summed E-state index contributed by atoms with van der Waals surface area (Å²) in [7, 11) is 1.59. The van der Waals surface area contributed by atoms with Crippen molar-refractivity contribution < 1.29 is 23.8 Å². The molecule has 2 N–H and O–H groups in total. The van der Waals surface area contributed by atoms with E-state index < -0.39 is 6.04 Å². The van der Waals surface area contributed by atoms with Crippen molar-refractivity contribution in [2.75, 3.05) is 20.3 Å². The van der Waals surface area contributed by atoms with Crippen LogP contribution in [0.4, 0.5) is 0 Å². The second kappa shape index (κ2) is 9.12. The third-order valence-electron chi connectivity index (χ3n) is 4.38. The number of carbonyl (C=O) groups is 2. The zero-order valence-corrected chi connectivity index (χ0v) is 15.9. The molecular weight excluding hydrogens is 360 g/mol. The van der Waals surface area contributed by atoms with Crippen molar-refractivity contribution >= 4 is 11.8 Å². The van der Waals surface area contributed by atoms with Crippen LogP contribution in [0.3, 0.4) is 0 Å². The van der Waals surface area contributed by atoms with Crippen molar-refractivity contribution in [2.24, 2.45) is 0 Å². The first kappa shape index (κ1) is 19.5. The van der Waals surface area contributed by atoms with Gasteiger partial charge in [-0.05, 0) is 29.8 Å². The number of methoxy groups -OCH3 is 1. The first-order chi connectivity index (χ1) is 13.5. The zero-order valence-electron chi connectivity index (χ0n) is 15.9. The lowest BCUT2D eigenvalue weighted by Crippen LogP contribution is -2.41. The Kier molecular flexibility index (Phi) is 6.37. The van der Waals surface area contributed by atoms with Crippen molar-refractivity contribution in [1.82, 2.24) is 10.6 Å². The van der Waals surface area contributed by atoms with Gasteiger partial charge < -0.3 is 24.8 Å². The lowest BCUT2D eigenvalue weighted by molar-refractivity contribution is -0.123. The van der Waals surface area contributed by atoms with Crippen molar-refractivity contribution in [3.63, 3.8) is 0 Å². The monoisotopic (exact) mass is 384 g/mol. The molecule has 0 bridgehead atoms. The average molecular weight is 384 g/mol. The molecule has 7 nitrogen and oxygen atoms in total. The normalized spacial score (nSPS) is 16.0. The van der Waals surface area contributed by atoms with Crippen LogP contribution in [0.15, 0.2) is 48.5 Å². The van der Waals surface area contributed by atoms with E-state index in [4.69, 9.17) is 14.2 Å². The summed E-state index contributed by atoms with van der Waals surface area (Å²) in [4.78, 5) is 24.0. The SMILES string of the molecule is COc1ccc([C@H](CC(=O)NC[C@@H]2COc3ccccc3O2)NC(C)=O)cc1. The summed E-state index contributed by atoms with van der Waals surface area (Å²) in [6.45, 7) is 2.12. The number of benzene rings is 2. The fraction of sp³-hybridized carbons (Fsp3) is 0.333. The maximum Gasteiger partial charge on any atom is 0.222 e. The molecule has 0 aromatic heterocycles. The fourth-order valence-electron chi connectivity index (χ4n) is 2.98. The Morgan fingerprint density at radius 2 is 1.86 bits per heavy atom. The van der Waals surface area contributed by atoms with Crippen molar-refractivity contribution in [3.05, 3.63) is 54.1 Å². The van der Waals surface area contributed by atoms with Gasteiger partial charge in [0, 0.05) is 6.92 Å². The molecule has 0 saturated carbocycles. The first-order valence-corrected chi connectivity index (χ1v) is 9.11. The molecule has 2 aromatic carbocycles. The molecule has 2 aromatic rings. The number of para-hydroxylation sites is 2. The molecule has 1 aliphatic rings. The molecule has 28 heavy (non-hydrogen) atoms. The average Bonchev–Trinajstić information content (AvgIpc) is 2.71. The number of fused-ring (bicyclic) bond motifs is 1. The van der Waals surface area contributed by atoms with E-state index in [0.717, 1.165) is 5.56 Å². The highest BCUT2D eigenvalue weighted by Gasteiger charge is 2.22. The molecule has 2 amide bonds. The highest BCUT2D eigenvalue weighted by molar-refractivity contribution is 5.79. The largest absolute Gasteiger partial charge is 0.497 e. The van der Waals surface area contributed by atoms with E-state index in [1.165, 1.54) is 6.92 Å². The molecule has 148 valence electrons. The molecule has 7 heteroatoms. The van der Waals surface area contributed by atoms with Gasteiger partial charge in [0.15, 0.2) is 11.5 Å². The summed E-state index contributed by atoms with van der Waals surface area (Å²) in [5.41, 5.74) is 0.831. The summed E-state index contributed by atoms with van der Waals surface area (Å²) < 4.78 is 16.6. The standard InChI is InChI=1S/C21H24N2O5/c1-14(24)23-18(15-7-9-16(26-2)10-8-15)11-21(25)22-12-17-13-27-19-5-3-4-6-20(19)28-17/h3-10,17-18H,11-13H2,1-2H3,(H,22,25)(H,23,24)/t17-,18+/m1/s1. The van der Waals surface area contributed by atoms with Crippen molar-refractivity contribution in [1.29, 1.82) is 0 Å². The van der Waals surface area contributed by atoms with Gasteiger partial charge in [0.2, 0.25) is 11.8 Å². The predicted octanol–water partition coefficient (Wildman–Crippen LogP) is 2.22. The van der Waals surface area contributed by atoms with Crippen molar-refractivity contribution in [2.45, 2.75) is 25.5 Å². The second-order valence-corrected chi connectivity index (χ2v) is 6.53. The highest BCUT2D eigenvalue weighted by atomic mass is 16.6. The Balaban J connectivity index is 1.55. The first-order valence-electron chi connectivity index (χ1n) is 9.11. The van der Waals surface area contributed by atoms with Crippen LogP contribution in [-0.4, -0.2) is 38.2 Å². The molecule has 1 aliphatic heterocycles. The van der Waals surface area contributed by atoms with Gasteiger partial charge in [-0.15, -0.1) is 0 Å². The third-order valence-corrected chi connectivity index (χ3v) is 4.38. The maximum atomic E-state index is 12.4. The van der Waals surface area contributed by atoms with Gasteiger partial charge in [0.25, 0.3) is 0 Å². The number of amides is 2. The predicted molar refractivity (Wildman–Crippen MR) is 104 cm³/mol. The van der Waals surface area contributed by atoms with Gasteiger partial charge >= 0.3 is 0 Å². The van der Waals surface area contributed by atoms with E-state index in [1.807, 2.05) is 36.4 Å². The number of ether oxygens (including phenoxy) is 3. The Morgan fingerprint density at radius 1 is 1.14 bits per heavy atom. The second-order valence-electron chi connectivity index (χ2n) is 6.53. The molecule has 0 aliphatic carbocycles. The number of rotatable bonds is 7. The van der Waals surface area contributed by atoms with Gasteiger partial charge in [-0.25, -0.2) is 0 Å². The quantitative estimate of drug-likeness (QED) is 0.765. The van der Waals surface area contributed by atoms with E-state index in [0.29, 0.717) is 30.4 Å². The number of nitrogens with one attached hydrogen (secondary N) is 2. The Bertz CT molecular complexity index is 822. The molecule has 3 rings (SSSR count). The molecule has 0 fully saturated rings. The summed E-state index contributed by atoms with van der Waals surface area (Å²) >= 11 is 0. The summed E-state index contributed by atoms with van der Waals surface area (Å²) in [6.07, 6.45) is -0.144. The van der Waals surface area contributed by atoms with Gasteiger partial charge in [0.05, 0.1) is 26.1 Å². The Morgan fingerprint density at radius 3 is 2.54 bits per heavy atom. The minimum Gasteiger partial charge on any atom is -0.497 e. The molecule has 1 heterocycles. The minimum absolute atomic E-state index is 0.121. The van der Waals surface area contributed by atoms with E-state index >= 15 is 0 Å². The van der Waals surface area contributed by atoms with Crippen LogP contribution in [-0.2, 0) is 9.59 Å². The molecule has 0 spiro atoms. The molecule has 0 saturated heterocycles. The van der Waals surface area contributed by atoms with E-state index in [9.17, 15) is 9.59 Å². The minimum atomic E-state index is -0.423. The van der Waals surface area contributed by atoms with Crippen LogP contribution in [0.1, 0.15) is 24.9 Å². The van der Waals surface area contributed by atoms with Gasteiger partial charge in [-0.1, -0.05) is 24.3 Å². The van der Waals surface area contributed by atoms with E-state index in [2.05, 4.69) is 10.6 Å². The number of carbonyl (C=O) groups excluding carboxylic acids is 2. The Labute approximate surface area is 164 Å². The van der Waals surface area contributed by atoms with Crippen LogP contribution < -0.4 is 24.8 Å². The fourth-order valence-corrected chi connectivity index (χ4v) is 2.98. The van der Waals surface area contributed by atoms with E-state index in [1.54, 1.807) is 19.2 Å². The van der Waals surface area contributed by atoms with Gasteiger partial charge in [-0.3, -0.25) is 9.59 Å². The van der Waals surface area contributed by atoms with Crippen molar-refractivity contribution in [3.8, 4) is 17.2 Å². The molecule has 0 unspecified atom stereocenters. The summed E-state index contributed by atoms with van der Waals surface area (Å²) in [5, 5.41) is 5.68. The van der Waals surface area contributed by atoms with Crippen LogP contribution in [0.25, 0.3) is 0 Å². The van der Waals surface area contributed by atoms with Crippen LogP contribution in [0.5, 0.6) is 17.2 Å². The highest BCUT2D eigenvalue weighted by Crippen LogP contribution is 2.30. The van der Waals surface area contributed by atoms with Gasteiger partial charge in [0.1, 0.15) is 18.5 Å². The zero-order chi connectivity index (χ0) is 19.9. The maximum absolute atomic E-state index is 12.4. The van der Waals surface area contributed by atoms with Crippen LogP contribution in [0.2, 0.25) is 0 Å². The lowest BCUT2D eigenvalue weighted by atomic mass is 10.0. The number of hydrogen-bond acceptors (Lipinski definition) is 5. The van der Waals surface area contributed by atoms with E-state index in [-0.39, 0.29) is 24.3 Å². The summed E-state index contributed by atoms with van der Waals surface area (Å²) in [6, 6.07) is 14.3. The molecule has 2 atom stereocenters. The van der Waals surface area contributed by atoms with Crippen LogP contribution in [0, 0.1) is 0 Å². The Hall–Kier alpha value is -3.22. The summed E-state index contributed by atoms with van der Waals surface area (Å²) in [5.74, 6) is 1.70. The number of hydrogen-bond donors (Lipinski definition) is 2. The lowest BCUT2D eigenvalue weighted by Gasteiger charge is -2.27. The third kappa shape index (κ3) is 5.16. The smallest absolute Gasteiger partial charge is 0.222 e. The van der Waals surface area contributed by atoms with Gasteiger partial charge in [-0.2, -0.15) is 0 Å².